The number of hydrogen-bond donors (Lipinski definition) is 2. The Morgan fingerprint density at radius 1 is 0.762 bits per heavy atom. The number of ether oxygens (including phenoxy) is 4. The summed E-state index contributed by atoms with van der Waals surface area (Å²) < 4.78 is 37.1. The normalized spacial score (nSPS) is 11.0. The summed E-state index contributed by atoms with van der Waals surface area (Å²) in [6.07, 6.45) is 4.48. The van der Waals surface area contributed by atoms with E-state index < -0.39 is 5.82 Å². The second-order valence-electron chi connectivity index (χ2n) is 9.08. The Labute approximate surface area is 239 Å². The molecule has 3 aromatic carbocycles. The minimum Gasteiger partial charge on any atom is -0.506 e. The lowest BCUT2D eigenvalue weighted by Gasteiger charge is -2.14. The van der Waals surface area contributed by atoms with Gasteiger partial charge >= 0.3 is 0 Å². The molecule has 11 heteroatoms. The lowest BCUT2D eigenvalue weighted by molar-refractivity contribution is 0.355. The Morgan fingerprint density at radius 2 is 1.55 bits per heavy atom. The number of pyridine rings is 2. The molecule has 6 aromatic rings. The molecule has 0 aliphatic rings. The van der Waals surface area contributed by atoms with Gasteiger partial charge < -0.3 is 29.4 Å². The smallest absolute Gasteiger partial charge is 0.230 e. The fourth-order valence-electron chi connectivity index (χ4n) is 4.54. The van der Waals surface area contributed by atoms with E-state index in [0.29, 0.717) is 56.1 Å². The van der Waals surface area contributed by atoms with Crippen molar-refractivity contribution in [2.75, 3.05) is 26.6 Å². The summed E-state index contributed by atoms with van der Waals surface area (Å²) >= 11 is 0. The maximum atomic E-state index is 15.3. The highest BCUT2D eigenvalue weighted by atomic mass is 19.1. The summed E-state index contributed by atoms with van der Waals surface area (Å²) in [5, 5.41) is 15.2. The summed E-state index contributed by atoms with van der Waals surface area (Å²) in [7, 11) is 4.63. The van der Waals surface area contributed by atoms with Crippen LogP contribution in [0.15, 0.2) is 79.4 Å². The first kappa shape index (κ1) is 26.5. The summed E-state index contributed by atoms with van der Waals surface area (Å²) in [4.78, 5) is 17.3. The second-order valence-corrected chi connectivity index (χ2v) is 9.08. The van der Waals surface area contributed by atoms with Gasteiger partial charge in [0.25, 0.3) is 0 Å². The number of aromatic nitrogens is 4. The highest BCUT2D eigenvalue weighted by Crippen LogP contribution is 2.40. The third kappa shape index (κ3) is 4.87. The maximum Gasteiger partial charge on any atom is 0.230 e. The molecule has 42 heavy (non-hydrogen) atoms. The number of fused-ring (bicyclic) bond motifs is 2. The fraction of sp³-hybridized carbons (Fsp3) is 0.0968. The van der Waals surface area contributed by atoms with Crippen molar-refractivity contribution in [3.8, 4) is 45.8 Å². The zero-order chi connectivity index (χ0) is 29.2. The topological polar surface area (TPSA) is 121 Å². The van der Waals surface area contributed by atoms with Crippen LogP contribution < -0.4 is 24.3 Å². The molecule has 0 unspecified atom stereocenters. The summed E-state index contributed by atoms with van der Waals surface area (Å²) in [6, 6.07) is 16.7. The van der Waals surface area contributed by atoms with E-state index in [1.54, 1.807) is 55.9 Å². The van der Waals surface area contributed by atoms with Crippen LogP contribution in [0.2, 0.25) is 0 Å². The van der Waals surface area contributed by atoms with Crippen LogP contribution in [0.4, 0.5) is 15.9 Å². The monoisotopic (exact) mass is 565 g/mol. The minimum atomic E-state index is -0.645. The van der Waals surface area contributed by atoms with E-state index in [-0.39, 0.29) is 17.4 Å². The molecule has 0 amide bonds. The second kappa shape index (κ2) is 11.0. The molecule has 0 saturated heterocycles. The Morgan fingerprint density at radius 3 is 2.29 bits per heavy atom. The Hall–Kier alpha value is -5.71. The van der Waals surface area contributed by atoms with Crippen LogP contribution in [-0.4, -0.2) is 46.4 Å². The molecule has 0 radical (unpaired) electrons. The maximum absolute atomic E-state index is 15.3. The molecule has 10 nitrogen and oxygen atoms in total. The van der Waals surface area contributed by atoms with Gasteiger partial charge in [0, 0.05) is 35.8 Å². The zero-order valence-electron chi connectivity index (χ0n) is 22.8. The van der Waals surface area contributed by atoms with Crippen LogP contribution in [0.25, 0.3) is 32.9 Å². The quantitative estimate of drug-likeness (QED) is 0.208. The van der Waals surface area contributed by atoms with Gasteiger partial charge in [-0.3, -0.25) is 4.98 Å². The Bertz CT molecular complexity index is 1930. The molecule has 3 aromatic heterocycles. The summed E-state index contributed by atoms with van der Waals surface area (Å²) in [5.74, 6) is 1.40. The SMILES string of the molecule is COc1ccc(-c2cnc3ccnc(Nc4ccc(Oc5ncnc6cc(OC)c(OC)cc56)c(F)c4)c3c2O)cc1. The largest absolute Gasteiger partial charge is 0.506 e. The van der Waals surface area contributed by atoms with Crippen molar-refractivity contribution < 1.29 is 28.4 Å². The number of hydrogen-bond acceptors (Lipinski definition) is 10. The lowest BCUT2D eigenvalue weighted by Crippen LogP contribution is -1.99. The van der Waals surface area contributed by atoms with Crippen LogP contribution >= 0.6 is 0 Å². The number of benzene rings is 3. The van der Waals surface area contributed by atoms with Crippen LogP contribution in [0.5, 0.6) is 34.6 Å². The van der Waals surface area contributed by atoms with E-state index >= 15 is 4.39 Å². The van der Waals surface area contributed by atoms with E-state index in [0.717, 1.165) is 5.56 Å². The molecule has 0 atom stereocenters. The molecule has 0 aliphatic carbocycles. The molecule has 210 valence electrons. The van der Waals surface area contributed by atoms with E-state index in [4.69, 9.17) is 18.9 Å². The number of rotatable bonds is 8. The third-order valence-electron chi connectivity index (χ3n) is 6.66. The minimum absolute atomic E-state index is 0.0103. The van der Waals surface area contributed by atoms with Gasteiger partial charge in [-0.15, -0.1) is 0 Å². The van der Waals surface area contributed by atoms with Crippen molar-refractivity contribution >= 4 is 33.3 Å². The van der Waals surface area contributed by atoms with Gasteiger partial charge in [0.05, 0.1) is 43.1 Å². The standard InChI is InChI=1S/C31H24FN5O5/c1-39-19-7-4-17(5-8-19)21-15-34-23-10-11-33-30(28(23)29(21)38)37-18-6-9-25(22(32)12-18)42-31-20-13-26(40-2)27(41-3)14-24(20)35-16-36-31/h4-16H,1-3H3,(H,33,37)(H,34,38). The van der Waals surface area contributed by atoms with Crippen molar-refractivity contribution in [3.63, 3.8) is 0 Å². The van der Waals surface area contributed by atoms with Crippen LogP contribution in [-0.2, 0) is 0 Å². The number of nitrogens with zero attached hydrogens (tertiary/aromatic N) is 4. The molecule has 0 fully saturated rings. The number of methoxy groups -OCH3 is 3. The third-order valence-corrected chi connectivity index (χ3v) is 6.66. The molecule has 0 aliphatic heterocycles. The molecule has 6 rings (SSSR count). The van der Waals surface area contributed by atoms with Crippen LogP contribution in [0.1, 0.15) is 0 Å². The zero-order valence-corrected chi connectivity index (χ0v) is 22.8. The number of halogens is 1. The lowest BCUT2D eigenvalue weighted by atomic mass is 10.0. The molecule has 0 bridgehead atoms. The number of nitrogens with one attached hydrogen (secondary N) is 1. The summed E-state index contributed by atoms with van der Waals surface area (Å²) in [6.45, 7) is 0. The predicted molar refractivity (Wildman–Crippen MR) is 156 cm³/mol. The fourth-order valence-corrected chi connectivity index (χ4v) is 4.54. The number of anilines is 2. The van der Waals surface area contributed by atoms with Gasteiger partial charge in [-0.05, 0) is 42.0 Å². The molecule has 0 spiro atoms. The van der Waals surface area contributed by atoms with Crippen molar-refractivity contribution in [1.29, 1.82) is 0 Å². The molecule has 2 N–H and O–H groups in total. The van der Waals surface area contributed by atoms with E-state index in [2.05, 4.69) is 25.3 Å². The van der Waals surface area contributed by atoms with Crippen LogP contribution in [0, 0.1) is 5.82 Å². The van der Waals surface area contributed by atoms with Gasteiger partial charge in [0.1, 0.15) is 23.6 Å². The Balaban J connectivity index is 1.31. The first-order valence-corrected chi connectivity index (χ1v) is 12.7. The first-order chi connectivity index (χ1) is 20.5. The first-order valence-electron chi connectivity index (χ1n) is 12.7. The van der Waals surface area contributed by atoms with Crippen molar-refractivity contribution in [1.82, 2.24) is 19.9 Å². The van der Waals surface area contributed by atoms with E-state index in [1.165, 1.54) is 32.7 Å². The van der Waals surface area contributed by atoms with Crippen molar-refractivity contribution in [2.45, 2.75) is 0 Å². The molecule has 0 saturated carbocycles. The van der Waals surface area contributed by atoms with E-state index in [9.17, 15) is 5.11 Å². The van der Waals surface area contributed by atoms with Gasteiger partial charge in [-0.25, -0.2) is 19.3 Å². The summed E-state index contributed by atoms with van der Waals surface area (Å²) in [5.41, 5.74) is 2.71. The highest BCUT2D eigenvalue weighted by Gasteiger charge is 2.17. The van der Waals surface area contributed by atoms with Gasteiger partial charge in [0.15, 0.2) is 23.1 Å². The van der Waals surface area contributed by atoms with Crippen LogP contribution in [0.3, 0.4) is 0 Å². The van der Waals surface area contributed by atoms with Crippen molar-refractivity contribution in [3.05, 3.63) is 85.2 Å². The highest BCUT2D eigenvalue weighted by molar-refractivity contribution is 6.00. The number of aromatic hydroxyl groups is 1. The van der Waals surface area contributed by atoms with Gasteiger partial charge in [-0.1, -0.05) is 12.1 Å². The average molecular weight is 566 g/mol. The van der Waals surface area contributed by atoms with E-state index in [1.807, 2.05) is 12.1 Å². The molecular formula is C31H24FN5O5. The average Bonchev–Trinajstić information content (AvgIpc) is 3.02. The predicted octanol–water partition coefficient (Wildman–Crippen LogP) is 6.65. The molecular weight excluding hydrogens is 541 g/mol. The van der Waals surface area contributed by atoms with Crippen molar-refractivity contribution in [2.24, 2.45) is 0 Å². The van der Waals surface area contributed by atoms with Gasteiger partial charge in [0.2, 0.25) is 5.88 Å². The Kier molecular flexibility index (Phi) is 6.97. The molecule has 3 heterocycles. The van der Waals surface area contributed by atoms with Gasteiger partial charge in [-0.2, -0.15) is 0 Å².